The van der Waals surface area contributed by atoms with Crippen LogP contribution in [0.4, 0.5) is 5.82 Å². The first-order valence-corrected chi connectivity index (χ1v) is 5.79. The van der Waals surface area contributed by atoms with Crippen molar-refractivity contribution in [2.75, 3.05) is 18.0 Å². The average Bonchev–Trinajstić information content (AvgIpc) is 2.22. The maximum absolute atomic E-state index is 5.57. The summed E-state index contributed by atoms with van der Waals surface area (Å²) in [5, 5.41) is 0. The van der Waals surface area contributed by atoms with Crippen molar-refractivity contribution in [1.29, 1.82) is 0 Å². The molecule has 1 aliphatic carbocycles. The summed E-state index contributed by atoms with van der Waals surface area (Å²) >= 11 is 0. The number of hydrogen-bond donors (Lipinski definition) is 1. The Hall–Kier alpha value is -1.09. The van der Waals surface area contributed by atoms with E-state index in [2.05, 4.69) is 22.0 Å². The van der Waals surface area contributed by atoms with E-state index in [1.807, 2.05) is 12.3 Å². The van der Waals surface area contributed by atoms with Crippen LogP contribution in [0.25, 0.3) is 0 Å². The highest BCUT2D eigenvalue weighted by molar-refractivity contribution is 5.39. The predicted molar refractivity (Wildman–Crippen MR) is 62.9 cm³/mol. The molecule has 2 rings (SSSR count). The van der Waals surface area contributed by atoms with Crippen LogP contribution in [0.15, 0.2) is 24.4 Å². The molecule has 1 fully saturated rings. The Morgan fingerprint density at radius 3 is 2.80 bits per heavy atom. The fourth-order valence-corrected chi connectivity index (χ4v) is 1.97. The van der Waals surface area contributed by atoms with Gasteiger partial charge in [-0.25, -0.2) is 4.98 Å². The SMILES string of the molecule is NCCCN(c1ccccn1)C1CCC1. The lowest BCUT2D eigenvalue weighted by Crippen LogP contribution is -2.41. The molecule has 0 saturated heterocycles. The van der Waals surface area contributed by atoms with Crippen LogP contribution in [-0.4, -0.2) is 24.1 Å². The van der Waals surface area contributed by atoms with Crippen LogP contribution in [0, 0.1) is 0 Å². The fourth-order valence-electron chi connectivity index (χ4n) is 1.97. The Balaban J connectivity index is 2.04. The van der Waals surface area contributed by atoms with Crippen molar-refractivity contribution in [3.63, 3.8) is 0 Å². The van der Waals surface area contributed by atoms with E-state index in [-0.39, 0.29) is 0 Å². The van der Waals surface area contributed by atoms with Gasteiger partial charge in [-0.15, -0.1) is 0 Å². The number of anilines is 1. The Kier molecular flexibility index (Phi) is 3.56. The summed E-state index contributed by atoms with van der Waals surface area (Å²) in [6.07, 6.45) is 6.88. The first kappa shape index (κ1) is 10.4. The Bertz CT molecular complexity index is 282. The summed E-state index contributed by atoms with van der Waals surface area (Å²) in [6, 6.07) is 6.81. The lowest BCUT2D eigenvalue weighted by atomic mass is 9.91. The maximum atomic E-state index is 5.57. The van der Waals surface area contributed by atoms with Gasteiger partial charge >= 0.3 is 0 Å². The molecule has 0 unspecified atom stereocenters. The molecule has 15 heavy (non-hydrogen) atoms. The maximum Gasteiger partial charge on any atom is 0.128 e. The molecule has 1 saturated carbocycles. The van der Waals surface area contributed by atoms with E-state index >= 15 is 0 Å². The molecule has 1 aromatic heterocycles. The van der Waals surface area contributed by atoms with Crippen LogP contribution < -0.4 is 10.6 Å². The molecule has 0 spiro atoms. The average molecular weight is 205 g/mol. The van der Waals surface area contributed by atoms with Gasteiger partial charge in [0.2, 0.25) is 0 Å². The van der Waals surface area contributed by atoms with Crippen LogP contribution in [0.2, 0.25) is 0 Å². The van der Waals surface area contributed by atoms with Gasteiger partial charge < -0.3 is 10.6 Å². The molecule has 0 aliphatic heterocycles. The summed E-state index contributed by atoms with van der Waals surface area (Å²) in [6.45, 7) is 1.80. The molecule has 3 nitrogen and oxygen atoms in total. The van der Waals surface area contributed by atoms with Crippen LogP contribution in [-0.2, 0) is 0 Å². The molecule has 3 heteroatoms. The lowest BCUT2D eigenvalue weighted by Gasteiger charge is -2.38. The molecule has 1 aliphatic rings. The van der Waals surface area contributed by atoms with Crippen molar-refractivity contribution in [2.45, 2.75) is 31.7 Å². The van der Waals surface area contributed by atoms with Gasteiger partial charge in [-0.05, 0) is 44.4 Å². The normalized spacial score (nSPS) is 16.1. The van der Waals surface area contributed by atoms with E-state index in [0.29, 0.717) is 6.04 Å². The molecule has 0 atom stereocenters. The van der Waals surface area contributed by atoms with Crippen LogP contribution >= 0.6 is 0 Å². The smallest absolute Gasteiger partial charge is 0.128 e. The second kappa shape index (κ2) is 5.12. The number of rotatable bonds is 5. The number of nitrogens with two attached hydrogens (primary N) is 1. The van der Waals surface area contributed by atoms with Crippen molar-refractivity contribution in [2.24, 2.45) is 5.73 Å². The minimum Gasteiger partial charge on any atom is -0.354 e. The van der Waals surface area contributed by atoms with E-state index in [1.54, 1.807) is 0 Å². The van der Waals surface area contributed by atoms with E-state index < -0.39 is 0 Å². The molecule has 1 heterocycles. The van der Waals surface area contributed by atoms with E-state index in [1.165, 1.54) is 19.3 Å². The van der Waals surface area contributed by atoms with Gasteiger partial charge in [0.15, 0.2) is 0 Å². The summed E-state index contributed by atoms with van der Waals surface area (Å²) in [4.78, 5) is 6.83. The third-order valence-electron chi connectivity index (χ3n) is 3.06. The molecule has 0 amide bonds. The number of aromatic nitrogens is 1. The molecular weight excluding hydrogens is 186 g/mol. The molecular formula is C12H19N3. The van der Waals surface area contributed by atoms with Gasteiger partial charge in [-0.1, -0.05) is 6.07 Å². The third kappa shape index (κ3) is 2.48. The second-order valence-electron chi connectivity index (χ2n) is 4.11. The highest BCUT2D eigenvalue weighted by Crippen LogP contribution is 2.28. The van der Waals surface area contributed by atoms with Crippen molar-refractivity contribution in [3.8, 4) is 0 Å². The van der Waals surface area contributed by atoms with Crippen molar-refractivity contribution in [3.05, 3.63) is 24.4 Å². The summed E-state index contributed by atoms with van der Waals surface area (Å²) in [7, 11) is 0. The summed E-state index contributed by atoms with van der Waals surface area (Å²) < 4.78 is 0. The van der Waals surface area contributed by atoms with Gasteiger partial charge in [0.25, 0.3) is 0 Å². The van der Waals surface area contributed by atoms with Crippen LogP contribution in [0.3, 0.4) is 0 Å². The van der Waals surface area contributed by atoms with Gasteiger partial charge in [-0.2, -0.15) is 0 Å². The van der Waals surface area contributed by atoms with Gasteiger partial charge in [0.05, 0.1) is 0 Å². The third-order valence-corrected chi connectivity index (χ3v) is 3.06. The minimum absolute atomic E-state index is 0.700. The summed E-state index contributed by atoms with van der Waals surface area (Å²) in [5.74, 6) is 1.11. The Labute approximate surface area is 91.3 Å². The largest absolute Gasteiger partial charge is 0.354 e. The second-order valence-corrected chi connectivity index (χ2v) is 4.11. The monoisotopic (exact) mass is 205 g/mol. The molecule has 0 aromatic carbocycles. The zero-order chi connectivity index (χ0) is 10.5. The Morgan fingerprint density at radius 1 is 1.40 bits per heavy atom. The van der Waals surface area contributed by atoms with Gasteiger partial charge in [0, 0.05) is 18.8 Å². The summed E-state index contributed by atoms with van der Waals surface area (Å²) in [5.41, 5.74) is 5.57. The first-order valence-electron chi connectivity index (χ1n) is 5.79. The Morgan fingerprint density at radius 2 is 2.27 bits per heavy atom. The number of pyridine rings is 1. The van der Waals surface area contributed by atoms with E-state index in [0.717, 1.165) is 25.3 Å². The molecule has 2 N–H and O–H groups in total. The molecule has 82 valence electrons. The number of nitrogens with zero attached hydrogens (tertiary/aromatic N) is 2. The zero-order valence-corrected chi connectivity index (χ0v) is 9.10. The highest BCUT2D eigenvalue weighted by Gasteiger charge is 2.25. The van der Waals surface area contributed by atoms with E-state index in [9.17, 15) is 0 Å². The molecule has 0 radical (unpaired) electrons. The van der Waals surface area contributed by atoms with Gasteiger partial charge in [0.1, 0.15) is 5.82 Å². The first-order chi connectivity index (χ1) is 7.42. The van der Waals surface area contributed by atoms with Crippen LogP contribution in [0.1, 0.15) is 25.7 Å². The predicted octanol–water partition coefficient (Wildman–Crippen LogP) is 1.79. The van der Waals surface area contributed by atoms with Crippen molar-refractivity contribution in [1.82, 2.24) is 4.98 Å². The minimum atomic E-state index is 0.700. The zero-order valence-electron chi connectivity index (χ0n) is 9.10. The topological polar surface area (TPSA) is 42.1 Å². The molecule has 1 aromatic rings. The van der Waals surface area contributed by atoms with Crippen molar-refractivity contribution < 1.29 is 0 Å². The standard InChI is InChI=1S/C12H19N3/c13-8-4-10-15(11-5-3-6-11)12-7-1-2-9-14-12/h1-2,7,9,11H,3-6,8,10,13H2. The number of hydrogen-bond acceptors (Lipinski definition) is 3. The highest BCUT2D eigenvalue weighted by atomic mass is 15.2. The van der Waals surface area contributed by atoms with E-state index in [4.69, 9.17) is 5.73 Å². The molecule has 0 bridgehead atoms. The van der Waals surface area contributed by atoms with Crippen molar-refractivity contribution >= 4 is 5.82 Å². The van der Waals surface area contributed by atoms with Crippen LogP contribution in [0.5, 0.6) is 0 Å². The lowest BCUT2D eigenvalue weighted by molar-refractivity contribution is 0.383. The fraction of sp³-hybridized carbons (Fsp3) is 0.583. The van der Waals surface area contributed by atoms with Gasteiger partial charge in [-0.3, -0.25) is 0 Å². The quantitative estimate of drug-likeness (QED) is 0.797.